The van der Waals surface area contributed by atoms with E-state index in [2.05, 4.69) is 36.0 Å². The van der Waals surface area contributed by atoms with Crippen molar-refractivity contribution in [3.63, 3.8) is 0 Å². The SMILES string of the molecule is CCCCCC1=CCN=C1C1=CCCN(C)C1. The van der Waals surface area contributed by atoms with E-state index in [0.29, 0.717) is 0 Å². The van der Waals surface area contributed by atoms with E-state index in [1.54, 1.807) is 0 Å². The van der Waals surface area contributed by atoms with Crippen molar-refractivity contribution in [3.8, 4) is 0 Å². The molecule has 0 aliphatic carbocycles. The normalized spacial score (nSPS) is 21.2. The van der Waals surface area contributed by atoms with Crippen molar-refractivity contribution in [1.29, 1.82) is 0 Å². The number of hydrogen-bond acceptors (Lipinski definition) is 2. The first-order chi connectivity index (χ1) is 8.31. The summed E-state index contributed by atoms with van der Waals surface area (Å²) in [7, 11) is 2.20. The fourth-order valence-electron chi connectivity index (χ4n) is 2.60. The Kier molecular flexibility index (Phi) is 4.55. The molecular formula is C15H24N2. The van der Waals surface area contributed by atoms with E-state index in [4.69, 9.17) is 0 Å². The van der Waals surface area contributed by atoms with E-state index in [1.165, 1.54) is 55.5 Å². The molecule has 0 saturated carbocycles. The van der Waals surface area contributed by atoms with Gasteiger partial charge in [-0.3, -0.25) is 4.99 Å². The molecule has 0 bridgehead atoms. The lowest BCUT2D eigenvalue weighted by Crippen LogP contribution is -2.28. The minimum Gasteiger partial charge on any atom is -0.302 e. The molecule has 0 N–H and O–H groups in total. The summed E-state index contributed by atoms with van der Waals surface area (Å²) in [6.45, 7) is 5.42. The Hall–Kier alpha value is -0.890. The number of aliphatic imine (C=N–C) groups is 1. The molecule has 2 aliphatic rings. The molecule has 17 heavy (non-hydrogen) atoms. The second-order valence-corrected chi connectivity index (χ2v) is 5.13. The third kappa shape index (κ3) is 3.29. The first-order valence-corrected chi connectivity index (χ1v) is 6.93. The van der Waals surface area contributed by atoms with Crippen molar-refractivity contribution >= 4 is 5.71 Å². The zero-order chi connectivity index (χ0) is 12.1. The van der Waals surface area contributed by atoms with Gasteiger partial charge in [0.15, 0.2) is 0 Å². The lowest BCUT2D eigenvalue weighted by atomic mass is 9.96. The molecular weight excluding hydrogens is 208 g/mol. The topological polar surface area (TPSA) is 15.6 Å². The molecule has 0 radical (unpaired) electrons. The zero-order valence-corrected chi connectivity index (χ0v) is 11.2. The van der Waals surface area contributed by atoms with Crippen molar-refractivity contribution in [1.82, 2.24) is 4.90 Å². The van der Waals surface area contributed by atoms with E-state index in [-0.39, 0.29) is 0 Å². The zero-order valence-electron chi connectivity index (χ0n) is 11.2. The third-order valence-electron chi connectivity index (χ3n) is 3.59. The monoisotopic (exact) mass is 232 g/mol. The van der Waals surface area contributed by atoms with Crippen LogP contribution >= 0.6 is 0 Å². The molecule has 2 aliphatic heterocycles. The predicted molar refractivity (Wildman–Crippen MR) is 74.7 cm³/mol. The van der Waals surface area contributed by atoms with Gasteiger partial charge in [-0.1, -0.05) is 31.9 Å². The molecule has 2 heteroatoms. The number of nitrogens with zero attached hydrogens (tertiary/aromatic N) is 2. The molecule has 0 spiro atoms. The van der Waals surface area contributed by atoms with Crippen LogP contribution in [0.15, 0.2) is 28.3 Å². The highest BCUT2D eigenvalue weighted by Gasteiger charge is 2.19. The lowest BCUT2D eigenvalue weighted by Gasteiger charge is -2.24. The Balaban J connectivity index is 1.96. The fourth-order valence-corrected chi connectivity index (χ4v) is 2.60. The highest BCUT2D eigenvalue weighted by Crippen LogP contribution is 2.22. The van der Waals surface area contributed by atoms with Crippen molar-refractivity contribution in [3.05, 3.63) is 23.3 Å². The van der Waals surface area contributed by atoms with Gasteiger partial charge in [-0.25, -0.2) is 0 Å². The molecule has 0 fully saturated rings. The number of likely N-dealkylation sites (N-methyl/N-ethyl adjacent to an activating group) is 1. The van der Waals surface area contributed by atoms with E-state index in [9.17, 15) is 0 Å². The molecule has 0 aromatic carbocycles. The maximum atomic E-state index is 4.68. The second-order valence-electron chi connectivity index (χ2n) is 5.13. The van der Waals surface area contributed by atoms with Crippen LogP contribution in [0.4, 0.5) is 0 Å². The van der Waals surface area contributed by atoms with Gasteiger partial charge >= 0.3 is 0 Å². The van der Waals surface area contributed by atoms with E-state index in [1.807, 2.05) is 0 Å². The van der Waals surface area contributed by atoms with Crippen LogP contribution in [0.2, 0.25) is 0 Å². The first kappa shape index (κ1) is 12.6. The van der Waals surface area contributed by atoms with Gasteiger partial charge in [-0.05, 0) is 37.5 Å². The van der Waals surface area contributed by atoms with Crippen LogP contribution in [-0.4, -0.2) is 37.3 Å². The quantitative estimate of drug-likeness (QED) is 0.665. The summed E-state index contributed by atoms with van der Waals surface area (Å²) < 4.78 is 0. The molecule has 0 aromatic rings. The van der Waals surface area contributed by atoms with Crippen LogP contribution in [0.5, 0.6) is 0 Å². The van der Waals surface area contributed by atoms with Crippen LogP contribution in [-0.2, 0) is 0 Å². The van der Waals surface area contributed by atoms with Crippen LogP contribution < -0.4 is 0 Å². The van der Waals surface area contributed by atoms with Gasteiger partial charge in [0.25, 0.3) is 0 Å². The summed E-state index contributed by atoms with van der Waals surface area (Å²) in [4.78, 5) is 7.07. The van der Waals surface area contributed by atoms with Gasteiger partial charge < -0.3 is 4.90 Å². The summed E-state index contributed by atoms with van der Waals surface area (Å²) in [5.41, 5.74) is 4.27. The summed E-state index contributed by atoms with van der Waals surface area (Å²) in [6.07, 6.45) is 11.0. The van der Waals surface area contributed by atoms with E-state index >= 15 is 0 Å². The number of hydrogen-bond donors (Lipinski definition) is 0. The van der Waals surface area contributed by atoms with Crippen molar-refractivity contribution in [2.24, 2.45) is 4.99 Å². The Morgan fingerprint density at radius 3 is 2.94 bits per heavy atom. The lowest BCUT2D eigenvalue weighted by molar-refractivity contribution is 0.360. The molecule has 2 heterocycles. The Morgan fingerprint density at radius 2 is 2.18 bits per heavy atom. The van der Waals surface area contributed by atoms with Gasteiger partial charge in [0, 0.05) is 13.1 Å². The highest BCUT2D eigenvalue weighted by atomic mass is 15.1. The van der Waals surface area contributed by atoms with Crippen LogP contribution in [0.3, 0.4) is 0 Å². The van der Waals surface area contributed by atoms with Crippen LogP contribution in [0.1, 0.15) is 39.0 Å². The molecule has 0 unspecified atom stereocenters. The molecule has 2 rings (SSSR count). The summed E-state index contributed by atoms with van der Waals surface area (Å²) in [5.74, 6) is 0. The van der Waals surface area contributed by atoms with E-state index in [0.717, 1.165) is 13.1 Å². The van der Waals surface area contributed by atoms with Crippen LogP contribution in [0, 0.1) is 0 Å². The van der Waals surface area contributed by atoms with Gasteiger partial charge in [0.05, 0.1) is 12.3 Å². The Labute approximate surface area is 105 Å². The van der Waals surface area contributed by atoms with Crippen molar-refractivity contribution in [2.75, 3.05) is 26.7 Å². The van der Waals surface area contributed by atoms with Crippen molar-refractivity contribution < 1.29 is 0 Å². The Morgan fingerprint density at radius 1 is 1.29 bits per heavy atom. The molecule has 2 nitrogen and oxygen atoms in total. The maximum Gasteiger partial charge on any atom is 0.0649 e. The minimum absolute atomic E-state index is 0.901. The summed E-state index contributed by atoms with van der Waals surface area (Å²) in [5, 5.41) is 0. The molecule has 0 atom stereocenters. The highest BCUT2D eigenvalue weighted by molar-refractivity contribution is 6.13. The number of unbranched alkanes of at least 4 members (excludes halogenated alkanes) is 2. The van der Waals surface area contributed by atoms with E-state index < -0.39 is 0 Å². The fraction of sp³-hybridized carbons (Fsp3) is 0.667. The summed E-state index contributed by atoms with van der Waals surface area (Å²) in [6, 6.07) is 0. The standard InChI is InChI=1S/C15H24N2/c1-3-4-5-7-13-9-10-16-15(13)14-8-6-11-17(2)12-14/h8-9H,3-7,10-12H2,1-2H3. The number of rotatable bonds is 5. The molecule has 94 valence electrons. The van der Waals surface area contributed by atoms with Gasteiger partial charge in [-0.15, -0.1) is 0 Å². The van der Waals surface area contributed by atoms with Gasteiger partial charge in [0.1, 0.15) is 0 Å². The largest absolute Gasteiger partial charge is 0.302 e. The smallest absolute Gasteiger partial charge is 0.0649 e. The average Bonchev–Trinajstić information content (AvgIpc) is 2.78. The molecule has 0 aromatic heterocycles. The van der Waals surface area contributed by atoms with Gasteiger partial charge in [-0.2, -0.15) is 0 Å². The van der Waals surface area contributed by atoms with Gasteiger partial charge in [0.2, 0.25) is 0 Å². The number of allylic oxidation sites excluding steroid dienone is 1. The molecule has 0 amide bonds. The second kappa shape index (κ2) is 6.15. The van der Waals surface area contributed by atoms with Crippen molar-refractivity contribution in [2.45, 2.75) is 39.0 Å². The molecule has 0 saturated heterocycles. The third-order valence-corrected chi connectivity index (χ3v) is 3.59. The predicted octanol–water partition coefficient (Wildman–Crippen LogP) is 3.21. The summed E-state index contributed by atoms with van der Waals surface area (Å²) >= 11 is 0. The first-order valence-electron chi connectivity index (χ1n) is 6.93. The Bertz CT molecular complexity index is 350. The minimum atomic E-state index is 0.901. The maximum absolute atomic E-state index is 4.68. The van der Waals surface area contributed by atoms with Crippen LogP contribution in [0.25, 0.3) is 0 Å². The average molecular weight is 232 g/mol.